The van der Waals surface area contributed by atoms with Crippen LogP contribution in [0.3, 0.4) is 0 Å². The summed E-state index contributed by atoms with van der Waals surface area (Å²) in [7, 11) is 0. The van der Waals surface area contributed by atoms with Crippen LogP contribution in [0.5, 0.6) is 0 Å². The van der Waals surface area contributed by atoms with Crippen molar-refractivity contribution in [3.63, 3.8) is 0 Å². The third kappa shape index (κ3) is 3.08. The lowest BCUT2D eigenvalue weighted by molar-refractivity contribution is 0.632. The predicted octanol–water partition coefficient (Wildman–Crippen LogP) is 3.10. The molecule has 3 aromatic rings. The van der Waals surface area contributed by atoms with Crippen molar-refractivity contribution >= 4 is 40.0 Å². The zero-order chi connectivity index (χ0) is 17.4. The van der Waals surface area contributed by atoms with Crippen LogP contribution in [0.25, 0.3) is 11.0 Å². The third-order valence-electron chi connectivity index (χ3n) is 4.22. The molecular weight excluding hydrogens is 343 g/mol. The van der Waals surface area contributed by atoms with Crippen LogP contribution < -0.4 is 16.0 Å². The van der Waals surface area contributed by atoms with Crippen molar-refractivity contribution in [1.82, 2.24) is 15.0 Å². The lowest BCUT2D eigenvalue weighted by Gasteiger charge is -2.17. The fraction of sp³-hybridized carbons (Fsp3) is 0.235. The van der Waals surface area contributed by atoms with E-state index in [1.54, 1.807) is 12.1 Å². The highest BCUT2D eigenvalue weighted by Gasteiger charge is 2.21. The fourth-order valence-corrected chi connectivity index (χ4v) is 3.10. The van der Waals surface area contributed by atoms with Crippen molar-refractivity contribution in [2.24, 2.45) is 5.73 Å². The van der Waals surface area contributed by atoms with Gasteiger partial charge in [0, 0.05) is 19.1 Å². The Morgan fingerprint density at radius 2 is 2.12 bits per heavy atom. The molecule has 1 fully saturated rings. The Morgan fingerprint density at radius 1 is 1.24 bits per heavy atom. The van der Waals surface area contributed by atoms with Gasteiger partial charge in [0.05, 0.1) is 16.2 Å². The van der Waals surface area contributed by atoms with E-state index in [9.17, 15) is 4.39 Å². The van der Waals surface area contributed by atoms with Crippen LogP contribution in [-0.2, 0) is 0 Å². The Morgan fingerprint density at radius 3 is 2.92 bits per heavy atom. The number of fused-ring (bicyclic) bond motifs is 1. The number of nitrogens with two attached hydrogens (primary N) is 1. The summed E-state index contributed by atoms with van der Waals surface area (Å²) >= 11 is 5.84. The number of aromatic nitrogens is 3. The SMILES string of the molecule is NC1CCN(c2ccc3ncnc(Nc4cccc(Cl)c4F)c3n2)C1. The molecule has 0 spiro atoms. The van der Waals surface area contributed by atoms with Crippen molar-refractivity contribution in [2.45, 2.75) is 12.5 Å². The first kappa shape index (κ1) is 16.0. The first-order chi connectivity index (χ1) is 12.1. The summed E-state index contributed by atoms with van der Waals surface area (Å²) in [5, 5.41) is 3.01. The van der Waals surface area contributed by atoms with Crippen molar-refractivity contribution in [2.75, 3.05) is 23.3 Å². The molecule has 8 heteroatoms. The largest absolute Gasteiger partial charge is 0.355 e. The Balaban J connectivity index is 1.74. The lowest BCUT2D eigenvalue weighted by Crippen LogP contribution is -2.26. The van der Waals surface area contributed by atoms with E-state index in [-0.39, 0.29) is 16.8 Å². The number of rotatable bonds is 3. The number of halogens is 2. The molecule has 1 aliphatic rings. The Hall–Kier alpha value is -2.51. The average molecular weight is 359 g/mol. The van der Waals surface area contributed by atoms with Gasteiger partial charge >= 0.3 is 0 Å². The molecule has 2 aromatic heterocycles. The van der Waals surface area contributed by atoms with Crippen molar-refractivity contribution in [3.05, 3.63) is 47.5 Å². The van der Waals surface area contributed by atoms with Crippen LogP contribution >= 0.6 is 11.6 Å². The molecule has 0 saturated carbocycles. The molecule has 25 heavy (non-hydrogen) atoms. The highest BCUT2D eigenvalue weighted by atomic mass is 35.5. The van der Waals surface area contributed by atoms with Crippen molar-refractivity contribution < 1.29 is 4.39 Å². The monoisotopic (exact) mass is 358 g/mol. The second-order valence-corrected chi connectivity index (χ2v) is 6.39. The van der Waals surface area contributed by atoms with Crippen LogP contribution in [0.4, 0.5) is 21.7 Å². The Bertz CT molecular complexity index is 934. The van der Waals surface area contributed by atoms with Crippen LogP contribution in [0.15, 0.2) is 36.7 Å². The Labute approximate surface area is 148 Å². The number of nitrogens with zero attached hydrogens (tertiary/aromatic N) is 4. The van der Waals surface area contributed by atoms with Gasteiger partial charge < -0.3 is 16.0 Å². The van der Waals surface area contributed by atoms with Gasteiger partial charge in [0.2, 0.25) is 0 Å². The molecule has 1 aliphatic heterocycles. The maximum atomic E-state index is 14.2. The van der Waals surface area contributed by atoms with E-state index in [1.807, 2.05) is 12.1 Å². The molecular formula is C17H16ClFN6. The minimum absolute atomic E-state index is 0.0445. The molecule has 1 unspecified atom stereocenters. The lowest BCUT2D eigenvalue weighted by atomic mass is 10.3. The van der Waals surface area contributed by atoms with Crippen LogP contribution in [0.1, 0.15) is 6.42 Å². The van der Waals surface area contributed by atoms with Gasteiger partial charge in [0.15, 0.2) is 11.6 Å². The van der Waals surface area contributed by atoms with Crippen molar-refractivity contribution in [1.29, 1.82) is 0 Å². The predicted molar refractivity (Wildman–Crippen MR) is 96.8 cm³/mol. The molecule has 0 aliphatic carbocycles. The average Bonchev–Trinajstić information content (AvgIpc) is 3.05. The summed E-state index contributed by atoms with van der Waals surface area (Å²) < 4.78 is 14.2. The molecule has 1 saturated heterocycles. The van der Waals surface area contributed by atoms with Crippen LogP contribution in [-0.4, -0.2) is 34.1 Å². The van der Waals surface area contributed by atoms with Gasteiger partial charge in [-0.25, -0.2) is 19.3 Å². The summed E-state index contributed by atoms with van der Waals surface area (Å²) in [6.45, 7) is 1.62. The number of pyridine rings is 1. The van der Waals surface area contributed by atoms with Gasteiger partial charge in [0.1, 0.15) is 17.7 Å². The van der Waals surface area contributed by atoms with Gasteiger partial charge in [-0.1, -0.05) is 17.7 Å². The maximum absolute atomic E-state index is 14.2. The van der Waals surface area contributed by atoms with E-state index in [4.69, 9.17) is 17.3 Å². The molecule has 128 valence electrons. The van der Waals surface area contributed by atoms with E-state index >= 15 is 0 Å². The minimum Gasteiger partial charge on any atom is -0.355 e. The summed E-state index contributed by atoms with van der Waals surface area (Å²) in [5.74, 6) is 0.707. The number of hydrogen-bond donors (Lipinski definition) is 2. The van der Waals surface area contributed by atoms with Gasteiger partial charge in [-0.15, -0.1) is 0 Å². The number of benzene rings is 1. The summed E-state index contributed by atoms with van der Waals surface area (Å²) in [6.07, 6.45) is 2.35. The molecule has 3 N–H and O–H groups in total. The standard InChI is InChI=1S/C17H16ClFN6/c18-11-2-1-3-12(15(11)19)23-17-16-13(21-9-22-17)4-5-14(24-16)25-7-6-10(20)8-25/h1-5,9-10H,6-8,20H2,(H,21,22,23). The van der Waals surface area contributed by atoms with E-state index in [0.717, 1.165) is 25.3 Å². The molecule has 0 amide bonds. The fourth-order valence-electron chi connectivity index (χ4n) is 2.92. The van der Waals surface area contributed by atoms with Crippen LogP contribution in [0, 0.1) is 5.82 Å². The number of anilines is 3. The van der Waals surface area contributed by atoms with E-state index in [1.165, 1.54) is 12.4 Å². The first-order valence-electron chi connectivity index (χ1n) is 7.95. The number of nitrogens with one attached hydrogen (secondary N) is 1. The first-order valence-corrected chi connectivity index (χ1v) is 8.33. The Kier molecular flexibility index (Phi) is 4.10. The van der Waals surface area contributed by atoms with Gasteiger partial charge in [0.25, 0.3) is 0 Å². The van der Waals surface area contributed by atoms with Crippen LogP contribution in [0.2, 0.25) is 5.02 Å². The second-order valence-electron chi connectivity index (χ2n) is 5.98. The number of hydrogen-bond acceptors (Lipinski definition) is 6. The molecule has 1 aromatic carbocycles. The third-order valence-corrected chi connectivity index (χ3v) is 4.51. The highest BCUT2D eigenvalue weighted by Crippen LogP contribution is 2.28. The molecule has 0 radical (unpaired) electrons. The zero-order valence-electron chi connectivity index (χ0n) is 13.3. The molecule has 6 nitrogen and oxygen atoms in total. The summed E-state index contributed by atoms with van der Waals surface area (Å²) in [5.41, 5.74) is 7.46. The molecule has 0 bridgehead atoms. The topological polar surface area (TPSA) is 80.0 Å². The summed E-state index contributed by atoms with van der Waals surface area (Å²) in [6, 6.07) is 8.70. The zero-order valence-corrected chi connectivity index (χ0v) is 14.0. The second kappa shape index (κ2) is 6.42. The molecule has 1 atom stereocenters. The highest BCUT2D eigenvalue weighted by molar-refractivity contribution is 6.31. The minimum atomic E-state index is -0.530. The molecule has 4 rings (SSSR count). The smallest absolute Gasteiger partial charge is 0.165 e. The van der Waals surface area contributed by atoms with E-state index < -0.39 is 5.82 Å². The summed E-state index contributed by atoms with van der Waals surface area (Å²) in [4.78, 5) is 15.2. The molecule has 3 heterocycles. The van der Waals surface area contributed by atoms with Gasteiger partial charge in [-0.05, 0) is 30.7 Å². The maximum Gasteiger partial charge on any atom is 0.165 e. The normalized spacial score (nSPS) is 17.2. The quantitative estimate of drug-likeness (QED) is 0.749. The van der Waals surface area contributed by atoms with Gasteiger partial charge in [-0.3, -0.25) is 0 Å². The van der Waals surface area contributed by atoms with Crippen molar-refractivity contribution in [3.8, 4) is 0 Å². The van der Waals surface area contributed by atoms with E-state index in [0.29, 0.717) is 16.9 Å². The van der Waals surface area contributed by atoms with Gasteiger partial charge in [-0.2, -0.15) is 0 Å². The van der Waals surface area contributed by atoms with E-state index in [2.05, 4.69) is 25.2 Å².